The van der Waals surface area contributed by atoms with E-state index in [0.717, 1.165) is 35.3 Å². The molecule has 3 aliphatic rings. The second-order valence-corrected chi connectivity index (χ2v) is 19.4. The minimum Gasteiger partial charge on any atom is -0.432 e. The molecule has 12 heteroatoms. The summed E-state index contributed by atoms with van der Waals surface area (Å²) < 4.78 is 8.86. The molecule has 1 unspecified atom stereocenters. The Morgan fingerprint density at radius 2 is 1.90 bits per heavy atom. The number of amides is 2. The maximum atomic E-state index is 15.0. The summed E-state index contributed by atoms with van der Waals surface area (Å²) in [5.74, 6) is -0.771. The summed E-state index contributed by atoms with van der Waals surface area (Å²) >= 11 is 0. The lowest BCUT2D eigenvalue weighted by atomic mass is 9.82. The maximum Gasteiger partial charge on any atom is 0.264 e. The normalized spacial score (nSPS) is 24.2. The zero-order chi connectivity index (χ0) is 37.2. The SMILES string of the molecule is CC(C)=CCC/C(C)=C/CN1C(=O)[C@@]2(O[C@@H](CCn3cc(C(CO)c4ccccc4)nn3)[C@H]([Si](C)(C)O)[C@H]2C)c2cc(N3CCNCC3=O)ccc21. The number of rotatable bonds is 13. The van der Waals surface area contributed by atoms with Crippen molar-refractivity contribution in [3.63, 3.8) is 0 Å². The quantitative estimate of drug-likeness (QED) is 0.161. The Morgan fingerprint density at radius 1 is 1.13 bits per heavy atom. The van der Waals surface area contributed by atoms with E-state index in [1.165, 1.54) is 11.1 Å². The molecule has 0 aliphatic carbocycles. The number of benzene rings is 2. The molecular weight excluding hydrogens is 673 g/mol. The highest BCUT2D eigenvalue weighted by Crippen LogP contribution is 2.60. The Labute approximate surface area is 308 Å². The average Bonchev–Trinajstić information content (AvgIpc) is 3.76. The third-order valence-electron chi connectivity index (χ3n) is 11.0. The number of allylic oxidation sites excluding steroid dienone is 3. The molecule has 6 rings (SSSR count). The largest absolute Gasteiger partial charge is 0.432 e. The number of nitrogens with zero attached hydrogens (tertiary/aromatic N) is 5. The van der Waals surface area contributed by atoms with E-state index in [1.807, 2.05) is 79.6 Å². The van der Waals surface area contributed by atoms with Gasteiger partial charge in [-0.05, 0) is 76.9 Å². The van der Waals surface area contributed by atoms with Gasteiger partial charge < -0.3 is 29.8 Å². The summed E-state index contributed by atoms with van der Waals surface area (Å²) in [5.41, 5.74) is 4.84. The van der Waals surface area contributed by atoms with Crippen LogP contribution in [-0.4, -0.2) is 83.9 Å². The zero-order valence-corrected chi connectivity index (χ0v) is 32.4. The third-order valence-corrected chi connectivity index (χ3v) is 13.5. The van der Waals surface area contributed by atoms with E-state index in [1.54, 1.807) is 9.58 Å². The molecule has 0 saturated carbocycles. The molecule has 2 fully saturated rings. The predicted molar refractivity (Wildman–Crippen MR) is 206 cm³/mol. The molecule has 1 aromatic heterocycles. The molecule has 5 atom stereocenters. The van der Waals surface area contributed by atoms with E-state index in [2.05, 4.69) is 48.6 Å². The van der Waals surface area contributed by atoms with Crippen LogP contribution in [0.15, 0.2) is 78.0 Å². The fourth-order valence-corrected chi connectivity index (χ4v) is 11.0. The molecule has 11 nitrogen and oxygen atoms in total. The van der Waals surface area contributed by atoms with Crippen LogP contribution in [0.4, 0.5) is 11.4 Å². The van der Waals surface area contributed by atoms with Crippen molar-refractivity contribution in [2.75, 3.05) is 42.6 Å². The van der Waals surface area contributed by atoms with Gasteiger partial charge >= 0.3 is 0 Å². The third kappa shape index (κ3) is 7.45. The van der Waals surface area contributed by atoms with Gasteiger partial charge in [0, 0.05) is 55.1 Å². The minimum absolute atomic E-state index is 0.0145. The van der Waals surface area contributed by atoms with Crippen molar-refractivity contribution < 1.29 is 24.2 Å². The molecule has 3 N–H and O–H groups in total. The summed E-state index contributed by atoms with van der Waals surface area (Å²) in [4.78, 5) is 43.4. The molecule has 4 heterocycles. The number of aromatic nitrogens is 3. The van der Waals surface area contributed by atoms with Gasteiger partial charge in [0.1, 0.15) is 0 Å². The van der Waals surface area contributed by atoms with Crippen molar-refractivity contribution in [3.05, 3.63) is 94.8 Å². The van der Waals surface area contributed by atoms with Gasteiger partial charge in [-0.2, -0.15) is 0 Å². The van der Waals surface area contributed by atoms with Crippen LogP contribution in [0.25, 0.3) is 0 Å². The number of carbonyl (C=O) groups is 2. The lowest BCUT2D eigenvalue weighted by molar-refractivity contribution is -0.145. The Morgan fingerprint density at radius 3 is 2.60 bits per heavy atom. The van der Waals surface area contributed by atoms with E-state index in [9.17, 15) is 19.5 Å². The summed E-state index contributed by atoms with van der Waals surface area (Å²) in [6.45, 7) is 14.5. The highest BCUT2D eigenvalue weighted by Gasteiger charge is 2.66. The van der Waals surface area contributed by atoms with E-state index >= 15 is 0 Å². The summed E-state index contributed by atoms with van der Waals surface area (Å²) in [6, 6.07) is 15.6. The standard InChI is InChI=1S/C40H54N6O5Si/c1-27(2)11-10-12-28(3)17-21-46-35-16-15-31(45-22-19-41-24-37(45)48)23-33(35)40(39(46)49)29(4)38(52(5,6)50)36(51-40)18-20-44-25-34(42-43-44)32(26-47)30-13-8-7-9-14-30/h7-9,11,13-17,23,25,29,32,36,38,41,47,50H,10,12,18-22,24,26H2,1-6H3/b28-17+/t29-,32?,36+,38-,40+/m1/s1. The number of ether oxygens (including phenoxy) is 1. The molecule has 0 bridgehead atoms. The monoisotopic (exact) mass is 726 g/mol. The van der Waals surface area contributed by atoms with E-state index in [0.29, 0.717) is 38.3 Å². The molecule has 3 aliphatic heterocycles. The number of carbonyl (C=O) groups excluding carboxylic acids is 2. The first kappa shape index (κ1) is 37.8. The van der Waals surface area contributed by atoms with Crippen molar-refractivity contribution in [1.82, 2.24) is 20.3 Å². The first-order chi connectivity index (χ1) is 24.8. The number of aliphatic hydroxyl groups excluding tert-OH is 1. The number of aryl methyl sites for hydroxylation is 1. The molecule has 2 aromatic carbocycles. The number of anilines is 2. The number of hydrogen-bond donors (Lipinski definition) is 3. The minimum atomic E-state index is -2.90. The van der Waals surface area contributed by atoms with Gasteiger partial charge in [-0.1, -0.05) is 65.8 Å². The Kier molecular flexibility index (Phi) is 11.3. The maximum absolute atomic E-state index is 15.0. The fraction of sp³-hybridized carbons (Fsp3) is 0.500. The van der Waals surface area contributed by atoms with Crippen molar-refractivity contribution in [2.45, 2.75) is 89.8 Å². The second kappa shape index (κ2) is 15.6. The zero-order valence-electron chi connectivity index (χ0n) is 31.4. The summed E-state index contributed by atoms with van der Waals surface area (Å²) in [6.07, 6.45) is 8.15. The van der Waals surface area contributed by atoms with Crippen LogP contribution in [0.1, 0.15) is 69.7 Å². The second-order valence-electron chi connectivity index (χ2n) is 15.4. The number of hydrogen-bond acceptors (Lipinski definition) is 8. The molecule has 2 saturated heterocycles. The Balaban J connectivity index is 1.32. The van der Waals surface area contributed by atoms with Gasteiger partial charge in [0.05, 0.1) is 36.6 Å². The first-order valence-electron chi connectivity index (χ1n) is 18.6. The number of piperazine rings is 1. The van der Waals surface area contributed by atoms with Gasteiger partial charge in [0.25, 0.3) is 5.91 Å². The summed E-state index contributed by atoms with van der Waals surface area (Å²) in [5, 5.41) is 22.1. The Bertz CT molecular complexity index is 1820. The van der Waals surface area contributed by atoms with Crippen LogP contribution in [0.3, 0.4) is 0 Å². The number of fused-ring (bicyclic) bond motifs is 2. The van der Waals surface area contributed by atoms with Gasteiger partial charge in [0.15, 0.2) is 13.9 Å². The summed E-state index contributed by atoms with van der Waals surface area (Å²) in [7, 11) is -2.90. The molecule has 0 radical (unpaired) electrons. The molecule has 278 valence electrons. The van der Waals surface area contributed by atoms with Crippen molar-refractivity contribution in [3.8, 4) is 0 Å². The van der Waals surface area contributed by atoms with Gasteiger partial charge in [-0.3, -0.25) is 14.3 Å². The lowest BCUT2D eigenvalue weighted by Gasteiger charge is -2.33. The molecule has 1 spiro atoms. The molecular formula is C40H54N6O5Si. The van der Waals surface area contributed by atoms with Crippen LogP contribution < -0.4 is 15.1 Å². The Hall–Kier alpha value is -3.94. The lowest BCUT2D eigenvalue weighted by Crippen LogP contribution is -2.48. The highest BCUT2D eigenvalue weighted by atomic mass is 28.4. The van der Waals surface area contributed by atoms with Gasteiger partial charge in [-0.25, -0.2) is 0 Å². The van der Waals surface area contributed by atoms with Gasteiger partial charge in [0.2, 0.25) is 5.91 Å². The molecule has 3 aromatic rings. The topological polar surface area (TPSA) is 133 Å². The van der Waals surface area contributed by atoms with E-state index < -0.39 is 20.0 Å². The number of aliphatic hydroxyl groups is 1. The van der Waals surface area contributed by atoms with Crippen LogP contribution >= 0.6 is 0 Å². The van der Waals surface area contributed by atoms with Crippen molar-refractivity contribution in [1.29, 1.82) is 0 Å². The van der Waals surface area contributed by atoms with Crippen LogP contribution in [0.5, 0.6) is 0 Å². The van der Waals surface area contributed by atoms with Crippen molar-refractivity contribution >= 4 is 31.5 Å². The highest BCUT2D eigenvalue weighted by molar-refractivity contribution is 6.71. The van der Waals surface area contributed by atoms with Crippen LogP contribution in [0.2, 0.25) is 18.6 Å². The molecule has 52 heavy (non-hydrogen) atoms. The van der Waals surface area contributed by atoms with Gasteiger partial charge in [-0.15, -0.1) is 5.10 Å². The van der Waals surface area contributed by atoms with Crippen molar-refractivity contribution in [2.24, 2.45) is 5.92 Å². The average molecular weight is 727 g/mol. The van der Waals surface area contributed by atoms with E-state index in [-0.39, 0.29) is 42.3 Å². The van der Waals surface area contributed by atoms with Crippen LogP contribution in [-0.2, 0) is 26.5 Å². The molecule has 2 amide bonds. The fourth-order valence-electron chi connectivity index (χ4n) is 8.40. The number of nitrogens with one attached hydrogen (secondary N) is 1. The van der Waals surface area contributed by atoms with E-state index in [4.69, 9.17) is 4.74 Å². The van der Waals surface area contributed by atoms with Crippen LogP contribution in [0, 0.1) is 5.92 Å². The predicted octanol–water partition coefficient (Wildman–Crippen LogP) is 5.27. The smallest absolute Gasteiger partial charge is 0.264 e. The first-order valence-corrected chi connectivity index (χ1v) is 21.6.